The predicted octanol–water partition coefficient (Wildman–Crippen LogP) is 2.10. The zero-order chi connectivity index (χ0) is 11.3. The zero-order valence-corrected chi connectivity index (χ0v) is 8.82. The Morgan fingerprint density at radius 1 is 1.27 bits per heavy atom. The highest BCUT2D eigenvalue weighted by Gasteiger charge is 2.08. The first-order valence-corrected chi connectivity index (χ1v) is 4.57. The number of halogens is 1. The average molecular weight is 225 g/mol. The van der Waals surface area contributed by atoms with Gasteiger partial charge in [-0.3, -0.25) is 4.79 Å². The van der Waals surface area contributed by atoms with Gasteiger partial charge >= 0.3 is 5.97 Å². The minimum Gasteiger partial charge on any atom is -0.463 e. The Morgan fingerprint density at radius 3 is 2.40 bits per heavy atom. The molecule has 0 N–H and O–H groups in total. The number of carbonyl (C=O) groups excluding carboxylic acids is 2. The molecule has 1 rings (SSSR count). The maximum atomic E-state index is 11.0. The van der Waals surface area contributed by atoms with Crippen LogP contribution in [0.4, 0.5) is 0 Å². The van der Waals surface area contributed by atoms with E-state index >= 15 is 0 Å². The van der Waals surface area contributed by atoms with Gasteiger partial charge in [-0.2, -0.15) is 0 Å². The van der Waals surface area contributed by atoms with Crippen molar-refractivity contribution in [1.29, 1.82) is 0 Å². The van der Waals surface area contributed by atoms with Crippen LogP contribution in [-0.4, -0.2) is 18.9 Å². The van der Waals surface area contributed by atoms with Gasteiger partial charge in [0.25, 0.3) is 5.78 Å². The molecule has 0 amide bonds. The van der Waals surface area contributed by atoms with Crippen molar-refractivity contribution in [2.24, 2.45) is 0 Å². The lowest BCUT2D eigenvalue weighted by Crippen LogP contribution is -2.11. The number of ketones is 1. The fraction of sp³-hybridized carbons (Fsp3) is 0.0909. The van der Waals surface area contributed by atoms with Crippen LogP contribution in [0.25, 0.3) is 6.08 Å². The second-order valence-electron chi connectivity index (χ2n) is 2.74. The molecule has 0 aromatic heterocycles. The predicted molar refractivity (Wildman–Crippen MR) is 57.5 cm³/mol. The molecule has 0 bridgehead atoms. The Morgan fingerprint density at radius 2 is 1.87 bits per heavy atom. The van der Waals surface area contributed by atoms with Crippen molar-refractivity contribution in [2.75, 3.05) is 7.11 Å². The summed E-state index contributed by atoms with van der Waals surface area (Å²) in [7, 11) is 1.16. The molecule has 0 saturated carbocycles. The van der Waals surface area contributed by atoms with Crippen molar-refractivity contribution in [3.63, 3.8) is 0 Å². The fourth-order valence-corrected chi connectivity index (χ4v) is 1.04. The van der Waals surface area contributed by atoms with E-state index in [9.17, 15) is 9.59 Å². The van der Waals surface area contributed by atoms with Crippen LogP contribution in [0.15, 0.2) is 30.3 Å². The molecule has 0 heterocycles. The van der Waals surface area contributed by atoms with E-state index in [4.69, 9.17) is 11.6 Å². The molecule has 1 aromatic carbocycles. The summed E-state index contributed by atoms with van der Waals surface area (Å²) in [5, 5.41) is 0.617. The number of rotatable bonds is 3. The van der Waals surface area contributed by atoms with E-state index in [2.05, 4.69) is 4.74 Å². The summed E-state index contributed by atoms with van der Waals surface area (Å²) in [4.78, 5) is 21.8. The molecule has 0 aliphatic carbocycles. The van der Waals surface area contributed by atoms with Gasteiger partial charge in [0.15, 0.2) is 0 Å². The van der Waals surface area contributed by atoms with Crippen LogP contribution in [0.3, 0.4) is 0 Å². The molecule has 3 nitrogen and oxygen atoms in total. The highest BCUT2D eigenvalue weighted by Crippen LogP contribution is 2.10. The second kappa shape index (κ2) is 5.32. The topological polar surface area (TPSA) is 43.4 Å². The van der Waals surface area contributed by atoms with E-state index in [0.717, 1.165) is 18.7 Å². The zero-order valence-electron chi connectivity index (χ0n) is 8.07. The SMILES string of the molecule is COC(=O)C(=O)C=Cc1ccc(Cl)cc1. The fourth-order valence-electron chi connectivity index (χ4n) is 0.914. The van der Waals surface area contributed by atoms with E-state index in [1.807, 2.05) is 0 Å². The third-order valence-corrected chi connectivity index (χ3v) is 1.94. The van der Waals surface area contributed by atoms with Crippen LogP contribution < -0.4 is 0 Å². The van der Waals surface area contributed by atoms with Crippen molar-refractivity contribution < 1.29 is 14.3 Å². The van der Waals surface area contributed by atoms with Crippen LogP contribution in [0.2, 0.25) is 5.02 Å². The van der Waals surface area contributed by atoms with Gasteiger partial charge in [-0.25, -0.2) is 4.79 Å². The third-order valence-electron chi connectivity index (χ3n) is 1.68. The first-order chi connectivity index (χ1) is 7.13. The molecular formula is C11H9ClO3. The molecule has 0 radical (unpaired) electrons. The third kappa shape index (κ3) is 3.56. The monoisotopic (exact) mass is 224 g/mol. The van der Waals surface area contributed by atoms with Crippen molar-refractivity contribution in [3.05, 3.63) is 40.9 Å². The summed E-state index contributed by atoms with van der Waals surface area (Å²) < 4.78 is 4.26. The van der Waals surface area contributed by atoms with Crippen LogP contribution in [0.1, 0.15) is 5.56 Å². The quantitative estimate of drug-likeness (QED) is 0.449. The first kappa shape index (κ1) is 11.5. The molecule has 0 aliphatic rings. The molecule has 0 atom stereocenters. The Labute approximate surface area is 92.3 Å². The molecule has 0 spiro atoms. The number of hydrogen-bond acceptors (Lipinski definition) is 3. The number of hydrogen-bond donors (Lipinski definition) is 0. The van der Waals surface area contributed by atoms with Crippen molar-refractivity contribution in [3.8, 4) is 0 Å². The number of benzene rings is 1. The lowest BCUT2D eigenvalue weighted by atomic mass is 10.2. The van der Waals surface area contributed by atoms with Gasteiger partial charge in [-0.05, 0) is 23.8 Å². The number of esters is 1. The van der Waals surface area contributed by atoms with E-state index in [1.54, 1.807) is 24.3 Å². The average Bonchev–Trinajstić information content (AvgIpc) is 2.26. The summed E-state index contributed by atoms with van der Waals surface area (Å²) in [5.41, 5.74) is 0.789. The Balaban J connectivity index is 2.69. The second-order valence-corrected chi connectivity index (χ2v) is 3.18. The highest BCUT2D eigenvalue weighted by atomic mass is 35.5. The lowest BCUT2D eigenvalue weighted by molar-refractivity contribution is -0.149. The van der Waals surface area contributed by atoms with Gasteiger partial charge in [-0.15, -0.1) is 0 Å². The largest absolute Gasteiger partial charge is 0.463 e. The van der Waals surface area contributed by atoms with Gasteiger partial charge in [0.2, 0.25) is 0 Å². The number of carbonyl (C=O) groups is 2. The summed E-state index contributed by atoms with van der Waals surface area (Å²) in [6.45, 7) is 0. The molecule has 0 fully saturated rings. The standard InChI is InChI=1S/C11H9ClO3/c1-15-11(14)10(13)7-4-8-2-5-9(12)6-3-8/h2-7H,1H3. The highest BCUT2D eigenvalue weighted by molar-refractivity contribution is 6.39. The molecule has 0 aliphatic heterocycles. The van der Waals surface area contributed by atoms with Crippen molar-refractivity contribution >= 4 is 29.4 Å². The molecule has 0 saturated heterocycles. The Kier molecular flexibility index (Phi) is 4.06. The first-order valence-electron chi connectivity index (χ1n) is 4.19. The molecule has 78 valence electrons. The number of ether oxygens (including phenoxy) is 1. The maximum absolute atomic E-state index is 11.0. The summed E-state index contributed by atoms with van der Waals surface area (Å²) >= 11 is 5.68. The molecular weight excluding hydrogens is 216 g/mol. The summed E-state index contributed by atoms with van der Waals surface area (Å²) in [6, 6.07) is 6.88. The van der Waals surface area contributed by atoms with E-state index in [0.29, 0.717) is 5.02 Å². The van der Waals surface area contributed by atoms with Crippen LogP contribution in [0, 0.1) is 0 Å². The van der Waals surface area contributed by atoms with Gasteiger partial charge in [0, 0.05) is 5.02 Å². The minimum atomic E-state index is -0.875. The van der Waals surface area contributed by atoms with Crippen LogP contribution in [0.5, 0.6) is 0 Å². The molecule has 15 heavy (non-hydrogen) atoms. The van der Waals surface area contributed by atoms with Crippen molar-refractivity contribution in [1.82, 2.24) is 0 Å². The van der Waals surface area contributed by atoms with Crippen molar-refractivity contribution in [2.45, 2.75) is 0 Å². The molecule has 1 aromatic rings. The van der Waals surface area contributed by atoms with Gasteiger partial charge in [0.1, 0.15) is 0 Å². The van der Waals surface area contributed by atoms with E-state index in [1.165, 1.54) is 6.08 Å². The number of methoxy groups -OCH3 is 1. The minimum absolute atomic E-state index is 0.617. The van der Waals surface area contributed by atoms with Crippen LogP contribution >= 0.6 is 11.6 Å². The van der Waals surface area contributed by atoms with Gasteiger partial charge in [0.05, 0.1) is 7.11 Å². The van der Waals surface area contributed by atoms with Gasteiger partial charge < -0.3 is 4.74 Å². The van der Waals surface area contributed by atoms with Gasteiger partial charge in [-0.1, -0.05) is 29.8 Å². The molecule has 0 unspecified atom stereocenters. The summed E-state index contributed by atoms with van der Waals surface area (Å²) in [6.07, 6.45) is 2.69. The van der Waals surface area contributed by atoms with E-state index < -0.39 is 11.8 Å². The lowest BCUT2D eigenvalue weighted by Gasteiger charge is -1.93. The normalized spacial score (nSPS) is 10.3. The summed E-state index contributed by atoms with van der Waals surface area (Å²) in [5.74, 6) is -1.56. The molecule has 4 heteroatoms. The van der Waals surface area contributed by atoms with E-state index in [-0.39, 0.29) is 0 Å². The van der Waals surface area contributed by atoms with Crippen LogP contribution in [-0.2, 0) is 14.3 Å². The maximum Gasteiger partial charge on any atom is 0.378 e. The Hall–Kier alpha value is -1.61. The smallest absolute Gasteiger partial charge is 0.378 e. The Bertz CT molecular complexity index is 393.